The molecule has 0 aliphatic carbocycles. The number of H-pyrrole nitrogens is 1. The van der Waals surface area contributed by atoms with Gasteiger partial charge in [0.15, 0.2) is 5.82 Å². The molecule has 0 fully saturated rings. The Morgan fingerprint density at radius 2 is 2.12 bits per heavy atom. The van der Waals surface area contributed by atoms with Crippen molar-refractivity contribution >= 4 is 17.2 Å². The van der Waals surface area contributed by atoms with Crippen LogP contribution >= 0.6 is 11.3 Å². The van der Waals surface area contributed by atoms with Crippen LogP contribution in [0.5, 0.6) is 5.75 Å². The smallest absolute Gasteiger partial charge is 0.271 e. The normalized spacial score (nSPS) is 10.6. The van der Waals surface area contributed by atoms with Gasteiger partial charge in [0, 0.05) is 17.4 Å². The molecule has 8 nitrogen and oxygen atoms in total. The maximum atomic E-state index is 12.1. The molecule has 0 spiro atoms. The van der Waals surface area contributed by atoms with Gasteiger partial charge < -0.3 is 15.8 Å². The molecule has 9 heteroatoms. The number of rotatable bonds is 7. The molecule has 0 aliphatic heterocycles. The lowest BCUT2D eigenvalue weighted by molar-refractivity contribution is 0.0945. The fourth-order valence-corrected chi connectivity index (χ4v) is 2.95. The highest BCUT2D eigenvalue weighted by Gasteiger charge is 2.12. The fourth-order valence-electron chi connectivity index (χ4n) is 2.15. The minimum absolute atomic E-state index is 0.242. The van der Waals surface area contributed by atoms with Crippen molar-refractivity contribution in [2.45, 2.75) is 13.0 Å². The van der Waals surface area contributed by atoms with E-state index in [1.54, 1.807) is 12.5 Å². The summed E-state index contributed by atoms with van der Waals surface area (Å²) in [6.45, 7) is 0.756. The lowest BCUT2D eigenvalue weighted by Gasteiger charge is -2.00. The topological polar surface area (TPSA) is 119 Å². The van der Waals surface area contributed by atoms with Gasteiger partial charge in [-0.15, -0.1) is 11.3 Å². The zero-order chi connectivity index (χ0) is 17.6. The van der Waals surface area contributed by atoms with Crippen LogP contribution in [0.3, 0.4) is 0 Å². The van der Waals surface area contributed by atoms with Gasteiger partial charge in [0.2, 0.25) is 0 Å². The Balaban J connectivity index is 1.59. The molecule has 130 valence electrons. The summed E-state index contributed by atoms with van der Waals surface area (Å²) in [7, 11) is 1.61. The van der Waals surface area contributed by atoms with Crippen LogP contribution in [0.15, 0.2) is 29.6 Å². The number of aromatic amines is 1. The SMILES string of the molecule is COc1ccc(-c2n[nH]c(CNC(=O)c3csc(CCN)n3)n2)cc1. The van der Waals surface area contributed by atoms with Crippen molar-refractivity contribution in [1.29, 1.82) is 0 Å². The Morgan fingerprint density at radius 1 is 1.32 bits per heavy atom. The summed E-state index contributed by atoms with van der Waals surface area (Å²) in [6, 6.07) is 7.43. The van der Waals surface area contributed by atoms with E-state index in [2.05, 4.69) is 25.5 Å². The second kappa shape index (κ2) is 7.86. The number of ether oxygens (including phenoxy) is 1. The zero-order valence-electron chi connectivity index (χ0n) is 13.7. The molecular formula is C16H18N6O2S. The van der Waals surface area contributed by atoms with Crippen LogP contribution in [-0.2, 0) is 13.0 Å². The molecular weight excluding hydrogens is 340 g/mol. The molecule has 0 saturated heterocycles. The first kappa shape index (κ1) is 17.1. The summed E-state index contributed by atoms with van der Waals surface area (Å²) in [4.78, 5) is 20.7. The second-order valence-electron chi connectivity index (χ2n) is 5.18. The summed E-state index contributed by atoms with van der Waals surface area (Å²) in [5, 5.41) is 12.3. The Labute approximate surface area is 148 Å². The molecule has 0 bridgehead atoms. The van der Waals surface area contributed by atoms with E-state index in [4.69, 9.17) is 10.5 Å². The van der Waals surface area contributed by atoms with Crippen molar-refractivity contribution in [1.82, 2.24) is 25.5 Å². The maximum Gasteiger partial charge on any atom is 0.271 e. The van der Waals surface area contributed by atoms with E-state index in [0.29, 0.717) is 30.3 Å². The van der Waals surface area contributed by atoms with Gasteiger partial charge in [-0.2, -0.15) is 5.10 Å². The minimum Gasteiger partial charge on any atom is -0.497 e. The van der Waals surface area contributed by atoms with Crippen molar-refractivity contribution in [3.05, 3.63) is 46.2 Å². The molecule has 2 heterocycles. The van der Waals surface area contributed by atoms with E-state index in [1.807, 2.05) is 24.3 Å². The third-order valence-corrected chi connectivity index (χ3v) is 4.35. The van der Waals surface area contributed by atoms with Crippen LogP contribution in [-0.4, -0.2) is 39.7 Å². The number of aromatic nitrogens is 4. The summed E-state index contributed by atoms with van der Waals surface area (Å²) in [5.41, 5.74) is 6.74. The lowest BCUT2D eigenvalue weighted by atomic mass is 10.2. The highest BCUT2D eigenvalue weighted by molar-refractivity contribution is 7.09. The molecule has 3 rings (SSSR count). The number of methoxy groups -OCH3 is 1. The molecule has 25 heavy (non-hydrogen) atoms. The number of hydrogen-bond donors (Lipinski definition) is 3. The van der Waals surface area contributed by atoms with Gasteiger partial charge >= 0.3 is 0 Å². The molecule has 0 radical (unpaired) electrons. The second-order valence-corrected chi connectivity index (χ2v) is 6.12. The van der Waals surface area contributed by atoms with Crippen LogP contribution in [0.2, 0.25) is 0 Å². The summed E-state index contributed by atoms with van der Waals surface area (Å²) < 4.78 is 5.13. The molecule has 1 amide bonds. The number of hydrogen-bond acceptors (Lipinski definition) is 7. The Morgan fingerprint density at radius 3 is 2.84 bits per heavy atom. The fraction of sp³-hybridized carbons (Fsp3) is 0.250. The van der Waals surface area contributed by atoms with Crippen molar-refractivity contribution in [3.8, 4) is 17.1 Å². The van der Waals surface area contributed by atoms with Crippen LogP contribution in [0, 0.1) is 0 Å². The monoisotopic (exact) mass is 358 g/mol. The number of benzene rings is 1. The van der Waals surface area contributed by atoms with Crippen LogP contribution in [0.25, 0.3) is 11.4 Å². The minimum atomic E-state index is -0.248. The Kier molecular flexibility index (Phi) is 5.36. The van der Waals surface area contributed by atoms with Crippen molar-refractivity contribution in [3.63, 3.8) is 0 Å². The molecule has 2 aromatic heterocycles. The molecule has 0 unspecified atom stereocenters. The van der Waals surface area contributed by atoms with Gasteiger partial charge in [0.1, 0.15) is 17.3 Å². The Bertz CT molecular complexity index is 842. The average molecular weight is 358 g/mol. The number of nitrogens with zero attached hydrogens (tertiary/aromatic N) is 3. The summed E-state index contributed by atoms with van der Waals surface area (Å²) in [5.74, 6) is 1.65. The van der Waals surface area contributed by atoms with E-state index >= 15 is 0 Å². The quantitative estimate of drug-likeness (QED) is 0.587. The van der Waals surface area contributed by atoms with Gasteiger partial charge in [-0.25, -0.2) is 9.97 Å². The van der Waals surface area contributed by atoms with Gasteiger partial charge in [-0.1, -0.05) is 0 Å². The van der Waals surface area contributed by atoms with Gasteiger partial charge in [0.05, 0.1) is 18.7 Å². The highest BCUT2D eigenvalue weighted by atomic mass is 32.1. The number of nitrogens with one attached hydrogen (secondary N) is 2. The van der Waals surface area contributed by atoms with Crippen molar-refractivity contribution in [2.75, 3.05) is 13.7 Å². The first-order chi connectivity index (χ1) is 12.2. The lowest BCUT2D eigenvalue weighted by Crippen LogP contribution is -2.23. The average Bonchev–Trinajstić information content (AvgIpc) is 3.30. The zero-order valence-corrected chi connectivity index (χ0v) is 14.5. The number of nitrogens with two attached hydrogens (primary N) is 1. The first-order valence-corrected chi connectivity index (χ1v) is 8.56. The predicted molar refractivity (Wildman–Crippen MR) is 94.4 cm³/mol. The van der Waals surface area contributed by atoms with E-state index in [0.717, 1.165) is 16.3 Å². The first-order valence-electron chi connectivity index (χ1n) is 7.68. The van der Waals surface area contributed by atoms with E-state index in [1.165, 1.54) is 11.3 Å². The molecule has 0 atom stereocenters. The summed E-state index contributed by atoms with van der Waals surface area (Å²) >= 11 is 1.43. The van der Waals surface area contributed by atoms with Crippen molar-refractivity contribution in [2.24, 2.45) is 5.73 Å². The number of amides is 1. The van der Waals surface area contributed by atoms with Crippen LogP contribution < -0.4 is 15.8 Å². The van der Waals surface area contributed by atoms with Gasteiger partial charge in [-0.3, -0.25) is 9.89 Å². The molecule has 4 N–H and O–H groups in total. The maximum absolute atomic E-state index is 12.1. The van der Waals surface area contributed by atoms with E-state index in [-0.39, 0.29) is 12.5 Å². The van der Waals surface area contributed by atoms with Crippen LogP contribution in [0.4, 0.5) is 0 Å². The van der Waals surface area contributed by atoms with Crippen LogP contribution in [0.1, 0.15) is 21.3 Å². The highest BCUT2D eigenvalue weighted by Crippen LogP contribution is 2.19. The van der Waals surface area contributed by atoms with Crippen molar-refractivity contribution < 1.29 is 9.53 Å². The third-order valence-electron chi connectivity index (χ3n) is 3.44. The van der Waals surface area contributed by atoms with Gasteiger partial charge in [-0.05, 0) is 30.8 Å². The molecule has 1 aromatic carbocycles. The van der Waals surface area contributed by atoms with Gasteiger partial charge in [0.25, 0.3) is 5.91 Å². The largest absolute Gasteiger partial charge is 0.497 e. The molecule has 0 saturated carbocycles. The standard InChI is InChI=1S/C16H18N6O2S/c1-24-11-4-2-10(3-5-11)15-20-13(21-22-15)8-18-16(23)12-9-25-14(19-12)6-7-17/h2-5,9H,6-8,17H2,1H3,(H,18,23)(H,20,21,22). The van der Waals surface area contributed by atoms with E-state index in [9.17, 15) is 4.79 Å². The number of carbonyl (C=O) groups excluding carboxylic acids is 1. The Hall–Kier alpha value is -2.78. The molecule has 0 aliphatic rings. The predicted octanol–water partition coefficient (Wildman–Crippen LogP) is 1.37. The number of carbonyl (C=O) groups is 1. The number of thiazole rings is 1. The van der Waals surface area contributed by atoms with E-state index < -0.39 is 0 Å². The third kappa shape index (κ3) is 4.20. The summed E-state index contributed by atoms with van der Waals surface area (Å²) in [6.07, 6.45) is 0.672. The molecule has 3 aromatic rings.